The topological polar surface area (TPSA) is 47.6 Å². The Hall–Kier alpha value is -1.28. The maximum atomic E-state index is 9.18. The Balaban J connectivity index is 2.54. The predicted molar refractivity (Wildman–Crippen MR) is 52.8 cm³/mol. The molecule has 2 rings (SSSR count). The van der Waals surface area contributed by atoms with Crippen LogP contribution in [0.5, 0.6) is 0 Å². The number of allylic oxidation sites excluding steroid dienone is 2. The van der Waals surface area contributed by atoms with E-state index in [0.717, 1.165) is 11.1 Å². The van der Waals surface area contributed by atoms with Crippen LogP contribution in [0, 0.1) is 45.3 Å². The predicted octanol–water partition coefficient (Wildman–Crippen LogP) is 2.64. The van der Waals surface area contributed by atoms with Crippen molar-refractivity contribution >= 4 is 0 Å². The molecule has 1 unspecified atom stereocenters. The van der Waals surface area contributed by atoms with Gasteiger partial charge in [-0.1, -0.05) is 19.4 Å². The number of nitrogens with zero attached hydrogens (tertiary/aromatic N) is 2. The van der Waals surface area contributed by atoms with Crippen LogP contribution in [0.1, 0.15) is 27.7 Å². The second-order valence-electron chi connectivity index (χ2n) is 5.22. The lowest BCUT2D eigenvalue weighted by molar-refractivity contribution is 0.380. The fourth-order valence-corrected chi connectivity index (χ4v) is 3.29. The van der Waals surface area contributed by atoms with Gasteiger partial charge in [-0.25, -0.2) is 0 Å². The Labute approximate surface area is 84.8 Å². The average Bonchev–Trinajstić information content (AvgIpc) is 2.50. The van der Waals surface area contributed by atoms with E-state index in [4.69, 9.17) is 0 Å². The van der Waals surface area contributed by atoms with Crippen LogP contribution in [0.3, 0.4) is 0 Å². The molecular formula is C12H14N2. The van der Waals surface area contributed by atoms with Crippen LogP contribution in [-0.2, 0) is 0 Å². The highest BCUT2D eigenvalue weighted by Crippen LogP contribution is 2.81. The van der Waals surface area contributed by atoms with Crippen molar-refractivity contribution in [1.29, 1.82) is 10.5 Å². The smallest absolute Gasteiger partial charge is 0.169 e. The van der Waals surface area contributed by atoms with Gasteiger partial charge in [0.1, 0.15) is 0 Å². The molecule has 0 spiro atoms. The van der Waals surface area contributed by atoms with Gasteiger partial charge in [0.25, 0.3) is 0 Å². The Bertz CT molecular complexity index is 397. The van der Waals surface area contributed by atoms with Crippen LogP contribution in [0.25, 0.3) is 0 Å². The largest absolute Gasteiger partial charge is 0.196 e. The van der Waals surface area contributed by atoms with E-state index in [2.05, 4.69) is 26.0 Å². The lowest BCUT2D eigenvalue weighted by atomic mass is 9.65. The molecule has 72 valence electrons. The molecule has 2 fully saturated rings. The minimum atomic E-state index is -0.799. The van der Waals surface area contributed by atoms with Crippen molar-refractivity contribution in [3.8, 4) is 12.1 Å². The highest BCUT2D eigenvalue weighted by molar-refractivity contribution is 5.56. The van der Waals surface area contributed by atoms with Crippen molar-refractivity contribution in [2.75, 3.05) is 0 Å². The summed E-state index contributed by atoms with van der Waals surface area (Å²) >= 11 is 0. The lowest BCUT2D eigenvalue weighted by Crippen LogP contribution is -2.34. The Morgan fingerprint density at radius 1 is 1.21 bits per heavy atom. The molecule has 0 aromatic carbocycles. The van der Waals surface area contributed by atoms with Crippen molar-refractivity contribution in [3.63, 3.8) is 0 Å². The normalized spacial score (nSPS) is 34.6. The zero-order valence-corrected chi connectivity index (χ0v) is 9.05. The van der Waals surface area contributed by atoms with Crippen molar-refractivity contribution in [1.82, 2.24) is 0 Å². The van der Waals surface area contributed by atoms with E-state index in [1.165, 1.54) is 0 Å². The fraction of sp³-hybridized carbons (Fsp3) is 0.667. The van der Waals surface area contributed by atoms with Crippen LogP contribution < -0.4 is 0 Å². The SMILES string of the molecule is CC(C)=C1[C@H]2C(C1(C#N)C#N)C2(C)C. The highest BCUT2D eigenvalue weighted by Gasteiger charge is 2.80. The Kier molecular flexibility index (Phi) is 1.46. The van der Waals surface area contributed by atoms with Gasteiger partial charge in [-0.3, -0.25) is 0 Å². The van der Waals surface area contributed by atoms with E-state index in [-0.39, 0.29) is 11.3 Å². The van der Waals surface area contributed by atoms with Gasteiger partial charge in [0.05, 0.1) is 12.1 Å². The molecule has 0 saturated heterocycles. The van der Waals surface area contributed by atoms with E-state index in [9.17, 15) is 10.5 Å². The molecule has 0 aromatic heterocycles. The zero-order valence-electron chi connectivity index (χ0n) is 9.05. The average molecular weight is 186 g/mol. The van der Waals surface area contributed by atoms with E-state index in [1.807, 2.05) is 13.8 Å². The maximum absolute atomic E-state index is 9.18. The molecule has 2 aliphatic carbocycles. The summed E-state index contributed by atoms with van der Waals surface area (Å²) < 4.78 is 0. The van der Waals surface area contributed by atoms with Crippen LogP contribution in [0.15, 0.2) is 11.1 Å². The first-order valence-corrected chi connectivity index (χ1v) is 4.94. The standard InChI is InChI=1S/C12H14N2/c1-7(2)8-9-10(11(9,3)4)12(8,5-13)6-14/h9-10H,1-4H3/t9-,10?/m0/s1. The quantitative estimate of drug-likeness (QED) is 0.546. The number of nitriles is 2. The number of rotatable bonds is 0. The van der Waals surface area contributed by atoms with Crippen molar-refractivity contribution in [2.24, 2.45) is 22.7 Å². The van der Waals surface area contributed by atoms with E-state index < -0.39 is 5.41 Å². The molecule has 0 heterocycles. The summed E-state index contributed by atoms with van der Waals surface area (Å²) in [7, 11) is 0. The zero-order chi connectivity index (χ0) is 10.7. The lowest BCUT2D eigenvalue weighted by Gasteiger charge is -2.32. The minimum absolute atomic E-state index is 0.165. The van der Waals surface area contributed by atoms with Crippen molar-refractivity contribution in [2.45, 2.75) is 27.7 Å². The number of hydrogen-bond acceptors (Lipinski definition) is 2. The first-order valence-electron chi connectivity index (χ1n) is 4.94. The molecule has 2 atom stereocenters. The molecule has 0 bridgehead atoms. The van der Waals surface area contributed by atoms with Crippen LogP contribution in [0.4, 0.5) is 0 Å². The first kappa shape index (κ1) is 9.28. The summed E-state index contributed by atoms with van der Waals surface area (Å²) in [5.74, 6) is 0.765. The van der Waals surface area contributed by atoms with E-state index in [1.54, 1.807) is 0 Å². The molecule has 0 N–H and O–H groups in total. The monoisotopic (exact) mass is 186 g/mol. The maximum Gasteiger partial charge on any atom is 0.169 e. The number of fused-ring (bicyclic) bond motifs is 1. The van der Waals surface area contributed by atoms with Gasteiger partial charge in [0.15, 0.2) is 5.41 Å². The summed E-state index contributed by atoms with van der Waals surface area (Å²) in [6.07, 6.45) is 0. The van der Waals surface area contributed by atoms with Gasteiger partial charge in [-0.05, 0) is 30.8 Å². The van der Waals surface area contributed by atoms with Crippen molar-refractivity contribution in [3.05, 3.63) is 11.1 Å². The molecule has 0 aromatic rings. The van der Waals surface area contributed by atoms with Gasteiger partial charge < -0.3 is 0 Å². The summed E-state index contributed by atoms with van der Waals surface area (Å²) in [6, 6.07) is 4.45. The minimum Gasteiger partial charge on any atom is -0.196 e. The molecule has 2 saturated carbocycles. The molecule has 14 heavy (non-hydrogen) atoms. The third-order valence-corrected chi connectivity index (χ3v) is 3.92. The van der Waals surface area contributed by atoms with Crippen molar-refractivity contribution < 1.29 is 0 Å². The van der Waals surface area contributed by atoms with E-state index >= 15 is 0 Å². The molecule has 0 aliphatic heterocycles. The summed E-state index contributed by atoms with van der Waals surface area (Å²) in [5.41, 5.74) is 1.61. The fourth-order valence-electron chi connectivity index (χ4n) is 3.29. The second kappa shape index (κ2) is 2.20. The van der Waals surface area contributed by atoms with E-state index in [0.29, 0.717) is 5.92 Å². The second-order valence-corrected chi connectivity index (χ2v) is 5.22. The van der Waals surface area contributed by atoms with Crippen LogP contribution in [-0.4, -0.2) is 0 Å². The van der Waals surface area contributed by atoms with Gasteiger partial charge in [-0.15, -0.1) is 0 Å². The third kappa shape index (κ3) is 0.676. The summed E-state index contributed by atoms with van der Waals surface area (Å²) in [4.78, 5) is 0. The third-order valence-electron chi connectivity index (χ3n) is 3.92. The van der Waals surface area contributed by atoms with Crippen LogP contribution in [0.2, 0.25) is 0 Å². The summed E-state index contributed by atoms with van der Waals surface area (Å²) in [5, 5.41) is 18.4. The Morgan fingerprint density at radius 2 is 1.71 bits per heavy atom. The molecular weight excluding hydrogens is 172 g/mol. The number of hydrogen-bond donors (Lipinski definition) is 0. The first-order chi connectivity index (χ1) is 6.43. The van der Waals surface area contributed by atoms with Gasteiger partial charge in [0.2, 0.25) is 0 Å². The van der Waals surface area contributed by atoms with Gasteiger partial charge in [-0.2, -0.15) is 10.5 Å². The molecule has 0 amide bonds. The van der Waals surface area contributed by atoms with Crippen LogP contribution >= 0.6 is 0 Å². The molecule has 2 heteroatoms. The van der Waals surface area contributed by atoms with Gasteiger partial charge >= 0.3 is 0 Å². The molecule has 2 aliphatic rings. The molecule has 0 radical (unpaired) electrons. The highest BCUT2D eigenvalue weighted by atomic mass is 14.8. The molecule has 2 nitrogen and oxygen atoms in total. The van der Waals surface area contributed by atoms with Gasteiger partial charge in [0, 0.05) is 5.92 Å². The summed E-state index contributed by atoms with van der Waals surface area (Å²) in [6.45, 7) is 8.32. The Morgan fingerprint density at radius 3 is 2.00 bits per heavy atom.